The predicted molar refractivity (Wildman–Crippen MR) is 66.2 cm³/mol. The second kappa shape index (κ2) is 5.27. The smallest absolute Gasteiger partial charge is 0.146 e. The van der Waals surface area contributed by atoms with Crippen LogP contribution in [0.2, 0.25) is 0 Å². The molecule has 1 saturated carbocycles. The van der Waals surface area contributed by atoms with Gasteiger partial charge < -0.3 is 20.3 Å². The minimum absolute atomic E-state index is 0.0709. The second-order valence-corrected chi connectivity index (χ2v) is 4.45. The Morgan fingerprint density at radius 2 is 2.06 bits per heavy atom. The van der Waals surface area contributed by atoms with Crippen LogP contribution in [0.4, 0.5) is 5.69 Å². The fraction of sp³-hybridized carbons (Fsp3) is 0.538. The number of hydrogen-bond acceptors (Lipinski definition) is 4. The number of methoxy groups -OCH3 is 1. The average Bonchev–Trinajstić information content (AvgIpc) is 2.35. The Hall–Kier alpha value is -1.42. The summed E-state index contributed by atoms with van der Waals surface area (Å²) in [7, 11) is 1.73. The molecule has 2 atom stereocenters. The van der Waals surface area contributed by atoms with Crippen LogP contribution in [-0.2, 0) is 4.74 Å². The van der Waals surface area contributed by atoms with Crippen molar-refractivity contribution in [1.82, 2.24) is 0 Å². The molecule has 94 valence electrons. The quantitative estimate of drug-likeness (QED) is 0.625. The topological polar surface area (TPSA) is 64.7 Å². The third-order valence-electron chi connectivity index (χ3n) is 3.25. The van der Waals surface area contributed by atoms with Crippen LogP contribution in [0.1, 0.15) is 25.7 Å². The molecule has 1 fully saturated rings. The van der Waals surface area contributed by atoms with Crippen LogP contribution in [0.5, 0.6) is 11.5 Å². The number of rotatable bonds is 3. The zero-order chi connectivity index (χ0) is 12.3. The minimum Gasteiger partial charge on any atom is -0.506 e. The highest BCUT2D eigenvalue weighted by Crippen LogP contribution is 2.33. The molecular weight excluding hydrogens is 218 g/mol. The molecule has 0 aliphatic heterocycles. The lowest BCUT2D eigenvalue weighted by Crippen LogP contribution is -2.29. The van der Waals surface area contributed by atoms with Gasteiger partial charge in [0.1, 0.15) is 23.3 Å². The number of nitrogens with two attached hydrogens (primary N) is 1. The summed E-state index contributed by atoms with van der Waals surface area (Å²) < 4.78 is 11.2. The van der Waals surface area contributed by atoms with Crippen molar-refractivity contribution in [1.29, 1.82) is 0 Å². The SMILES string of the molecule is COC1CCCC(Oc2cccc(O)c2N)C1. The van der Waals surface area contributed by atoms with E-state index in [1.807, 2.05) is 0 Å². The van der Waals surface area contributed by atoms with Gasteiger partial charge in [0.15, 0.2) is 0 Å². The average molecular weight is 237 g/mol. The van der Waals surface area contributed by atoms with Crippen LogP contribution in [-0.4, -0.2) is 24.4 Å². The van der Waals surface area contributed by atoms with Gasteiger partial charge in [0.2, 0.25) is 0 Å². The zero-order valence-electron chi connectivity index (χ0n) is 10.1. The number of benzene rings is 1. The maximum atomic E-state index is 9.50. The lowest BCUT2D eigenvalue weighted by molar-refractivity contribution is 0.0212. The van der Waals surface area contributed by atoms with Crippen molar-refractivity contribution in [3.63, 3.8) is 0 Å². The van der Waals surface area contributed by atoms with Gasteiger partial charge in [0.25, 0.3) is 0 Å². The maximum Gasteiger partial charge on any atom is 0.146 e. The second-order valence-electron chi connectivity index (χ2n) is 4.45. The number of anilines is 1. The molecule has 1 aliphatic rings. The minimum atomic E-state index is 0.0709. The number of para-hydroxylation sites is 1. The molecule has 17 heavy (non-hydrogen) atoms. The predicted octanol–water partition coefficient (Wildman–Crippen LogP) is 2.31. The van der Waals surface area contributed by atoms with E-state index < -0.39 is 0 Å². The van der Waals surface area contributed by atoms with E-state index in [1.54, 1.807) is 25.3 Å². The summed E-state index contributed by atoms with van der Waals surface area (Å²) in [5.41, 5.74) is 6.07. The Kier molecular flexibility index (Phi) is 3.74. The Labute approximate surface area is 101 Å². The molecular formula is C13H19NO3. The number of hydrogen-bond donors (Lipinski definition) is 2. The van der Waals surface area contributed by atoms with Gasteiger partial charge in [-0.1, -0.05) is 6.07 Å². The molecule has 0 aromatic heterocycles. The number of phenolic OH excluding ortho intramolecular Hbond substituents is 1. The molecule has 0 radical (unpaired) electrons. The van der Waals surface area contributed by atoms with E-state index >= 15 is 0 Å². The van der Waals surface area contributed by atoms with Crippen molar-refractivity contribution in [3.8, 4) is 11.5 Å². The summed E-state index contributed by atoms with van der Waals surface area (Å²) in [5.74, 6) is 0.633. The van der Waals surface area contributed by atoms with Crippen LogP contribution in [0.25, 0.3) is 0 Å². The molecule has 0 bridgehead atoms. The summed E-state index contributed by atoms with van der Waals surface area (Å²) in [6.07, 6.45) is 4.47. The molecule has 0 heterocycles. The fourth-order valence-electron chi connectivity index (χ4n) is 2.24. The third kappa shape index (κ3) is 2.82. The Morgan fingerprint density at radius 3 is 2.82 bits per heavy atom. The molecule has 4 nitrogen and oxygen atoms in total. The van der Waals surface area contributed by atoms with Crippen molar-refractivity contribution in [2.24, 2.45) is 0 Å². The van der Waals surface area contributed by atoms with Crippen LogP contribution >= 0.6 is 0 Å². The number of nitrogen functional groups attached to an aromatic ring is 1. The molecule has 3 N–H and O–H groups in total. The zero-order valence-corrected chi connectivity index (χ0v) is 10.1. The molecule has 0 amide bonds. The van der Waals surface area contributed by atoms with Gasteiger partial charge in [-0.05, 0) is 31.4 Å². The van der Waals surface area contributed by atoms with Gasteiger partial charge in [-0.2, -0.15) is 0 Å². The third-order valence-corrected chi connectivity index (χ3v) is 3.25. The first-order valence-corrected chi connectivity index (χ1v) is 5.97. The highest BCUT2D eigenvalue weighted by Gasteiger charge is 2.23. The standard InChI is InChI=1S/C13H19NO3/c1-16-9-4-2-5-10(8-9)17-12-7-3-6-11(15)13(12)14/h3,6-7,9-10,15H,2,4-5,8,14H2,1H3. The number of ether oxygens (including phenoxy) is 2. The highest BCUT2D eigenvalue weighted by atomic mass is 16.5. The number of aromatic hydroxyl groups is 1. The van der Waals surface area contributed by atoms with Gasteiger partial charge in [0, 0.05) is 13.5 Å². The Bertz CT molecular complexity index is 381. The lowest BCUT2D eigenvalue weighted by Gasteiger charge is -2.29. The van der Waals surface area contributed by atoms with Crippen molar-refractivity contribution in [3.05, 3.63) is 18.2 Å². The lowest BCUT2D eigenvalue weighted by atomic mass is 9.95. The molecule has 0 spiro atoms. The van der Waals surface area contributed by atoms with Crippen LogP contribution in [0.3, 0.4) is 0 Å². The van der Waals surface area contributed by atoms with E-state index in [-0.39, 0.29) is 18.0 Å². The molecule has 2 unspecified atom stereocenters. The van der Waals surface area contributed by atoms with E-state index in [1.165, 1.54) is 0 Å². The van der Waals surface area contributed by atoms with E-state index in [2.05, 4.69) is 0 Å². The summed E-state index contributed by atoms with van der Waals surface area (Å²) in [5, 5.41) is 9.50. The summed E-state index contributed by atoms with van der Waals surface area (Å²) in [6.45, 7) is 0. The van der Waals surface area contributed by atoms with Crippen molar-refractivity contribution >= 4 is 5.69 Å². The van der Waals surface area contributed by atoms with Crippen molar-refractivity contribution in [2.45, 2.75) is 37.9 Å². The van der Waals surface area contributed by atoms with Gasteiger partial charge in [-0.3, -0.25) is 0 Å². The van der Waals surface area contributed by atoms with Gasteiger partial charge in [-0.25, -0.2) is 0 Å². The van der Waals surface area contributed by atoms with E-state index in [0.29, 0.717) is 11.4 Å². The Morgan fingerprint density at radius 1 is 1.29 bits per heavy atom. The maximum absolute atomic E-state index is 9.50. The molecule has 1 aromatic rings. The summed E-state index contributed by atoms with van der Waals surface area (Å²) >= 11 is 0. The molecule has 2 rings (SSSR count). The first-order chi connectivity index (χ1) is 8.20. The van der Waals surface area contributed by atoms with Crippen molar-refractivity contribution < 1.29 is 14.6 Å². The van der Waals surface area contributed by atoms with Crippen molar-refractivity contribution in [2.75, 3.05) is 12.8 Å². The summed E-state index contributed by atoms with van der Waals surface area (Å²) in [4.78, 5) is 0. The highest BCUT2D eigenvalue weighted by molar-refractivity contribution is 5.61. The molecule has 4 heteroatoms. The van der Waals surface area contributed by atoms with E-state index in [4.69, 9.17) is 15.2 Å². The fourth-order valence-corrected chi connectivity index (χ4v) is 2.24. The normalized spacial score (nSPS) is 24.5. The largest absolute Gasteiger partial charge is 0.506 e. The van der Waals surface area contributed by atoms with E-state index in [9.17, 15) is 5.11 Å². The summed E-state index contributed by atoms with van der Waals surface area (Å²) in [6, 6.07) is 5.07. The van der Waals surface area contributed by atoms with Crippen LogP contribution in [0.15, 0.2) is 18.2 Å². The van der Waals surface area contributed by atoms with Crippen LogP contribution in [0, 0.1) is 0 Å². The first-order valence-electron chi connectivity index (χ1n) is 5.97. The molecule has 1 aliphatic carbocycles. The number of phenols is 1. The Balaban J connectivity index is 2.02. The molecule has 0 saturated heterocycles. The monoisotopic (exact) mass is 237 g/mol. The van der Waals surface area contributed by atoms with Gasteiger partial charge in [0.05, 0.1) is 6.10 Å². The molecule has 1 aromatic carbocycles. The van der Waals surface area contributed by atoms with E-state index in [0.717, 1.165) is 25.7 Å². The first kappa shape index (κ1) is 12.0. The van der Waals surface area contributed by atoms with Gasteiger partial charge >= 0.3 is 0 Å². The van der Waals surface area contributed by atoms with Crippen LogP contribution < -0.4 is 10.5 Å². The van der Waals surface area contributed by atoms with Gasteiger partial charge in [-0.15, -0.1) is 0 Å².